The minimum absolute atomic E-state index is 0.329. The van der Waals surface area contributed by atoms with Crippen molar-refractivity contribution in [3.8, 4) is 0 Å². The van der Waals surface area contributed by atoms with E-state index >= 15 is 0 Å². The van der Waals surface area contributed by atoms with Crippen LogP contribution in [0.4, 0.5) is 0 Å². The fourth-order valence-corrected chi connectivity index (χ4v) is 0.245. The second kappa shape index (κ2) is 3.40. The number of carbonyl (C=O) groups is 1. The van der Waals surface area contributed by atoms with E-state index in [1.807, 2.05) is 0 Å². The number of hydrogen-bond acceptors (Lipinski definition) is 4. The summed E-state index contributed by atoms with van der Waals surface area (Å²) in [6.45, 7) is 1.65. The molecule has 0 bridgehead atoms. The van der Waals surface area contributed by atoms with E-state index < -0.39 is 12.1 Å². The maximum atomic E-state index is 10.1. The highest BCUT2D eigenvalue weighted by molar-refractivity contribution is 5.73. The monoisotopic (exact) mass is 119 g/mol. The molecule has 4 heteroatoms. The van der Waals surface area contributed by atoms with Gasteiger partial charge in [0.2, 0.25) is 0 Å². The van der Waals surface area contributed by atoms with Crippen LogP contribution in [0.1, 0.15) is 13.3 Å². The minimum Gasteiger partial charge on any atom is -0.381 e. The van der Waals surface area contributed by atoms with Gasteiger partial charge in [-0.3, -0.25) is 0 Å². The van der Waals surface area contributed by atoms with E-state index in [0.717, 1.165) is 0 Å². The van der Waals surface area contributed by atoms with Gasteiger partial charge in [0.25, 0.3) is 0 Å². The second-order valence-electron chi connectivity index (χ2n) is 1.36. The van der Waals surface area contributed by atoms with Crippen LogP contribution in [-0.2, 0) is 9.63 Å². The first kappa shape index (κ1) is 7.39. The molecule has 3 N–H and O–H groups in total. The van der Waals surface area contributed by atoms with E-state index in [1.54, 1.807) is 6.92 Å². The van der Waals surface area contributed by atoms with Crippen molar-refractivity contribution in [2.24, 2.45) is 5.90 Å². The first-order valence-corrected chi connectivity index (χ1v) is 2.31. The smallest absolute Gasteiger partial charge is 0.353 e. The molecule has 0 aromatic rings. The zero-order chi connectivity index (χ0) is 6.57. The molecule has 0 aliphatic carbocycles. The van der Waals surface area contributed by atoms with Gasteiger partial charge < -0.3 is 9.94 Å². The molecule has 4 nitrogen and oxygen atoms in total. The van der Waals surface area contributed by atoms with Crippen molar-refractivity contribution in [1.82, 2.24) is 0 Å². The summed E-state index contributed by atoms with van der Waals surface area (Å²) in [5, 5.41) is 8.57. The van der Waals surface area contributed by atoms with Crippen LogP contribution in [0, 0.1) is 0 Å². The predicted octanol–water partition coefficient (Wildman–Crippen LogP) is -0.826. The molecule has 0 saturated carbocycles. The summed E-state index contributed by atoms with van der Waals surface area (Å²) in [4.78, 5) is 13.9. The summed E-state index contributed by atoms with van der Waals surface area (Å²) in [6, 6.07) is 0. The van der Waals surface area contributed by atoms with E-state index in [-0.39, 0.29) is 0 Å². The molecule has 1 unspecified atom stereocenters. The molecule has 0 radical (unpaired) electrons. The highest BCUT2D eigenvalue weighted by Crippen LogP contribution is 1.89. The van der Waals surface area contributed by atoms with Crippen LogP contribution in [0.2, 0.25) is 0 Å². The molecule has 0 saturated heterocycles. The molecule has 48 valence electrons. The highest BCUT2D eigenvalue weighted by atomic mass is 16.7. The minimum atomic E-state index is -1.07. The van der Waals surface area contributed by atoms with Crippen LogP contribution in [0.3, 0.4) is 0 Å². The van der Waals surface area contributed by atoms with Crippen molar-refractivity contribution < 1.29 is 14.7 Å². The highest BCUT2D eigenvalue weighted by Gasteiger charge is 2.11. The molecule has 0 amide bonds. The predicted molar refractivity (Wildman–Crippen MR) is 26.6 cm³/mol. The van der Waals surface area contributed by atoms with Gasteiger partial charge >= 0.3 is 5.97 Å². The van der Waals surface area contributed by atoms with Gasteiger partial charge in [0, 0.05) is 0 Å². The molecule has 1 atom stereocenters. The van der Waals surface area contributed by atoms with Gasteiger partial charge in [0.1, 0.15) is 0 Å². The summed E-state index contributed by atoms with van der Waals surface area (Å²) in [5.41, 5.74) is 0. The Morgan fingerprint density at radius 1 is 2.00 bits per heavy atom. The SMILES string of the molecule is CCC(O)C(=O)ON. The van der Waals surface area contributed by atoms with Gasteiger partial charge in [-0.25, -0.2) is 4.79 Å². The maximum absolute atomic E-state index is 10.1. The normalized spacial score (nSPS) is 12.9. The number of carbonyl (C=O) groups excluding carboxylic acids is 1. The summed E-state index contributed by atoms with van der Waals surface area (Å²) < 4.78 is 0. The Hall–Kier alpha value is -0.610. The molecule has 0 aromatic heterocycles. The first-order chi connectivity index (χ1) is 3.72. The summed E-state index contributed by atoms with van der Waals surface area (Å²) in [7, 11) is 0. The molecule has 8 heavy (non-hydrogen) atoms. The Morgan fingerprint density at radius 3 is 2.62 bits per heavy atom. The van der Waals surface area contributed by atoms with Crippen LogP contribution in [-0.4, -0.2) is 17.2 Å². The van der Waals surface area contributed by atoms with Gasteiger partial charge in [0.05, 0.1) is 0 Å². The molecule has 0 rings (SSSR count). The zero-order valence-electron chi connectivity index (χ0n) is 4.63. The van der Waals surface area contributed by atoms with Crippen LogP contribution >= 0.6 is 0 Å². The van der Waals surface area contributed by atoms with Crippen LogP contribution in [0.5, 0.6) is 0 Å². The van der Waals surface area contributed by atoms with E-state index in [2.05, 4.69) is 10.7 Å². The van der Waals surface area contributed by atoms with E-state index in [9.17, 15) is 4.79 Å². The molecule has 0 aliphatic heterocycles. The van der Waals surface area contributed by atoms with E-state index in [0.29, 0.717) is 6.42 Å². The molecule has 0 spiro atoms. The van der Waals surface area contributed by atoms with Crippen molar-refractivity contribution >= 4 is 5.97 Å². The summed E-state index contributed by atoms with van der Waals surface area (Å²) in [6.07, 6.45) is -0.740. The number of aliphatic hydroxyl groups is 1. The molecular weight excluding hydrogens is 110 g/mol. The number of hydrogen-bond donors (Lipinski definition) is 2. The second-order valence-corrected chi connectivity index (χ2v) is 1.36. The van der Waals surface area contributed by atoms with Crippen LogP contribution in [0.25, 0.3) is 0 Å². The number of rotatable bonds is 2. The molecule has 0 aromatic carbocycles. The molecule has 0 heterocycles. The third-order valence-electron chi connectivity index (χ3n) is 0.775. The summed E-state index contributed by atoms with van der Waals surface area (Å²) >= 11 is 0. The Labute approximate surface area is 47.2 Å². The van der Waals surface area contributed by atoms with E-state index in [4.69, 9.17) is 5.11 Å². The lowest BCUT2D eigenvalue weighted by Crippen LogP contribution is -2.24. The van der Waals surface area contributed by atoms with Gasteiger partial charge in [-0.05, 0) is 6.42 Å². The Bertz CT molecular complexity index is 83.4. The number of nitrogens with two attached hydrogens (primary N) is 1. The third kappa shape index (κ3) is 1.90. The molecular formula is C4H9NO3. The summed E-state index contributed by atoms with van der Waals surface area (Å²) in [5.74, 6) is 3.65. The lowest BCUT2D eigenvalue weighted by atomic mass is 10.3. The van der Waals surface area contributed by atoms with Gasteiger partial charge in [-0.1, -0.05) is 6.92 Å². The van der Waals surface area contributed by atoms with Gasteiger partial charge in [-0.2, -0.15) is 5.90 Å². The van der Waals surface area contributed by atoms with Crippen molar-refractivity contribution in [2.75, 3.05) is 0 Å². The average Bonchev–Trinajstić information content (AvgIpc) is 1.84. The Morgan fingerprint density at radius 2 is 2.50 bits per heavy atom. The van der Waals surface area contributed by atoms with Crippen molar-refractivity contribution in [2.45, 2.75) is 19.4 Å². The molecule has 0 fully saturated rings. The lowest BCUT2D eigenvalue weighted by molar-refractivity contribution is -0.154. The van der Waals surface area contributed by atoms with Crippen LogP contribution < -0.4 is 5.90 Å². The zero-order valence-corrected chi connectivity index (χ0v) is 4.63. The lowest BCUT2D eigenvalue weighted by Gasteiger charge is -2.00. The Balaban J connectivity index is 3.46. The van der Waals surface area contributed by atoms with Crippen molar-refractivity contribution in [3.63, 3.8) is 0 Å². The number of aliphatic hydroxyl groups excluding tert-OH is 1. The standard InChI is InChI=1S/C4H9NO3/c1-2-3(6)4(7)8-5/h3,6H,2,5H2,1H3. The molecule has 0 aliphatic rings. The fraction of sp³-hybridized carbons (Fsp3) is 0.750. The quantitative estimate of drug-likeness (QED) is 0.465. The largest absolute Gasteiger partial charge is 0.381 e. The third-order valence-corrected chi connectivity index (χ3v) is 0.775. The fourth-order valence-electron chi connectivity index (χ4n) is 0.245. The van der Waals surface area contributed by atoms with Crippen molar-refractivity contribution in [3.05, 3.63) is 0 Å². The van der Waals surface area contributed by atoms with Gasteiger partial charge in [0.15, 0.2) is 6.10 Å². The maximum Gasteiger partial charge on any atom is 0.353 e. The average molecular weight is 119 g/mol. The van der Waals surface area contributed by atoms with Gasteiger partial charge in [-0.15, -0.1) is 0 Å². The van der Waals surface area contributed by atoms with Crippen molar-refractivity contribution in [1.29, 1.82) is 0 Å². The first-order valence-electron chi connectivity index (χ1n) is 2.31. The topological polar surface area (TPSA) is 72.5 Å². The Kier molecular flexibility index (Phi) is 3.14. The van der Waals surface area contributed by atoms with Crippen LogP contribution in [0.15, 0.2) is 0 Å². The van der Waals surface area contributed by atoms with E-state index in [1.165, 1.54) is 0 Å².